The molecule has 178 valence electrons. The molecule has 0 aliphatic heterocycles. The Kier molecular flexibility index (Phi) is 9.00. The van der Waals surface area contributed by atoms with Gasteiger partial charge >= 0.3 is 5.97 Å². The van der Waals surface area contributed by atoms with E-state index in [0.29, 0.717) is 37.4 Å². The smallest absolute Gasteiger partial charge is 0.305 e. The van der Waals surface area contributed by atoms with E-state index in [1.165, 1.54) is 11.3 Å². The van der Waals surface area contributed by atoms with Gasteiger partial charge in [0, 0.05) is 17.5 Å². The summed E-state index contributed by atoms with van der Waals surface area (Å²) in [6.07, 6.45) is 1.75. The lowest BCUT2D eigenvalue weighted by Gasteiger charge is -2.11. The van der Waals surface area contributed by atoms with Crippen LogP contribution in [0.25, 0.3) is 21.1 Å². The van der Waals surface area contributed by atoms with Crippen molar-refractivity contribution in [2.75, 3.05) is 13.2 Å². The van der Waals surface area contributed by atoms with Crippen LogP contribution in [0.2, 0.25) is 0 Å². The third kappa shape index (κ3) is 6.55. The molecule has 7 nitrogen and oxygen atoms in total. The average molecular weight is 480 g/mol. The molecule has 0 amide bonds. The van der Waals surface area contributed by atoms with Gasteiger partial charge in [-0.3, -0.25) is 4.79 Å². The molecule has 0 aliphatic rings. The molecule has 0 saturated heterocycles. The molecule has 0 fully saturated rings. The van der Waals surface area contributed by atoms with Gasteiger partial charge < -0.3 is 14.2 Å². The van der Waals surface area contributed by atoms with Crippen LogP contribution in [0.3, 0.4) is 0 Å². The van der Waals surface area contributed by atoms with Crippen LogP contribution in [-0.4, -0.2) is 35.5 Å². The van der Waals surface area contributed by atoms with E-state index in [0.717, 1.165) is 38.9 Å². The highest BCUT2D eigenvalue weighted by molar-refractivity contribution is 7.17. The quantitative estimate of drug-likeness (QED) is 0.253. The summed E-state index contributed by atoms with van der Waals surface area (Å²) < 4.78 is 16.5. The first-order valence-electron chi connectivity index (χ1n) is 11.4. The van der Waals surface area contributed by atoms with Crippen LogP contribution in [0.4, 0.5) is 0 Å². The number of carbonyl (C=O) groups is 1. The van der Waals surface area contributed by atoms with Crippen molar-refractivity contribution in [3.8, 4) is 38.7 Å². The molecule has 0 radical (unpaired) electrons. The van der Waals surface area contributed by atoms with Gasteiger partial charge in [0.25, 0.3) is 0 Å². The van der Waals surface area contributed by atoms with Crippen molar-refractivity contribution in [3.63, 3.8) is 0 Å². The highest BCUT2D eigenvalue weighted by atomic mass is 32.1. The number of aryl methyl sites for hydroxylation is 1. The van der Waals surface area contributed by atoms with Gasteiger partial charge in [-0.2, -0.15) is 5.26 Å². The molecular formula is C26H29N3O4S. The molecule has 0 unspecified atom stereocenters. The molecule has 34 heavy (non-hydrogen) atoms. The predicted octanol–water partition coefficient (Wildman–Crippen LogP) is 5.82. The maximum atomic E-state index is 11.4. The van der Waals surface area contributed by atoms with Crippen LogP contribution >= 0.6 is 11.3 Å². The topological polar surface area (TPSA) is 94.3 Å². The molecule has 8 heteroatoms. The monoisotopic (exact) mass is 479 g/mol. The number of ether oxygens (including phenoxy) is 3. The lowest BCUT2D eigenvalue weighted by Crippen LogP contribution is -2.06. The Morgan fingerprint density at radius 1 is 1.12 bits per heavy atom. The first-order valence-corrected chi connectivity index (χ1v) is 12.2. The normalized spacial score (nSPS) is 10.7. The van der Waals surface area contributed by atoms with E-state index in [-0.39, 0.29) is 12.1 Å². The third-order valence-electron chi connectivity index (χ3n) is 4.92. The van der Waals surface area contributed by atoms with Crippen molar-refractivity contribution in [1.29, 1.82) is 5.26 Å². The molecule has 0 saturated carbocycles. The summed E-state index contributed by atoms with van der Waals surface area (Å²) in [7, 11) is 0. The summed E-state index contributed by atoms with van der Waals surface area (Å²) in [5.41, 5.74) is 3.41. The maximum absolute atomic E-state index is 11.4. The lowest BCUT2D eigenvalue weighted by atomic mass is 10.1. The van der Waals surface area contributed by atoms with Crippen molar-refractivity contribution < 1.29 is 19.0 Å². The summed E-state index contributed by atoms with van der Waals surface area (Å²) in [5, 5.41) is 19.8. The van der Waals surface area contributed by atoms with Crippen LogP contribution in [0.15, 0.2) is 36.4 Å². The zero-order valence-electron chi connectivity index (χ0n) is 20.0. The predicted molar refractivity (Wildman–Crippen MR) is 132 cm³/mol. The van der Waals surface area contributed by atoms with Crippen molar-refractivity contribution >= 4 is 17.3 Å². The molecule has 0 aliphatic carbocycles. The van der Waals surface area contributed by atoms with Crippen LogP contribution in [0.1, 0.15) is 51.7 Å². The number of hydrogen-bond acceptors (Lipinski definition) is 8. The van der Waals surface area contributed by atoms with E-state index in [2.05, 4.69) is 23.2 Å². The van der Waals surface area contributed by atoms with Crippen LogP contribution in [0, 0.1) is 11.3 Å². The zero-order chi connectivity index (χ0) is 24.5. The Labute approximate surface area is 204 Å². The van der Waals surface area contributed by atoms with Gasteiger partial charge in [0.15, 0.2) is 0 Å². The van der Waals surface area contributed by atoms with Crippen molar-refractivity contribution in [2.45, 2.75) is 53.1 Å². The molecule has 3 rings (SSSR count). The molecule has 0 N–H and O–H groups in total. The summed E-state index contributed by atoms with van der Waals surface area (Å²) in [5.74, 6) is 1.12. The SMILES string of the molecule is CCOC(=O)CCCOc1ccc(-c2nnc(-c3ccc(OC(C)C)c(C#N)c3)s2)c(CC)c1. The Hall–Kier alpha value is -3.44. The minimum Gasteiger partial charge on any atom is -0.494 e. The standard InChI is InChI=1S/C26H29N3O4S/c1-5-18-15-21(32-13-7-8-24(30)31-6-2)10-11-22(18)26-29-28-25(34-26)19-9-12-23(33-17(3)4)20(14-19)16-27/h9-12,14-15,17H,5-8,13H2,1-4H3. The van der Waals surface area contributed by atoms with Crippen LogP contribution < -0.4 is 9.47 Å². The van der Waals surface area contributed by atoms with E-state index >= 15 is 0 Å². The first kappa shape index (κ1) is 25.2. The van der Waals surface area contributed by atoms with Crippen molar-refractivity contribution in [2.24, 2.45) is 0 Å². The molecule has 1 aromatic heterocycles. The number of nitrogens with zero attached hydrogens (tertiary/aromatic N) is 3. The molecule has 0 bridgehead atoms. The van der Waals surface area contributed by atoms with Gasteiger partial charge in [0.2, 0.25) is 0 Å². The third-order valence-corrected chi connectivity index (χ3v) is 5.93. The number of esters is 1. The summed E-state index contributed by atoms with van der Waals surface area (Å²) >= 11 is 1.48. The van der Waals surface area contributed by atoms with Crippen LogP contribution in [-0.2, 0) is 16.0 Å². The molecule has 2 aromatic carbocycles. The molecule has 0 spiro atoms. The van der Waals surface area contributed by atoms with Gasteiger partial charge in [-0.15, -0.1) is 10.2 Å². The highest BCUT2D eigenvalue weighted by Gasteiger charge is 2.15. The van der Waals surface area contributed by atoms with E-state index in [1.807, 2.05) is 38.1 Å². The second-order valence-electron chi connectivity index (χ2n) is 7.83. The molecule has 1 heterocycles. The van der Waals surface area contributed by atoms with Crippen molar-refractivity contribution in [1.82, 2.24) is 10.2 Å². The van der Waals surface area contributed by atoms with Gasteiger partial charge in [-0.25, -0.2) is 0 Å². The lowest BCUT2D eigenvalue weighted by molar-refractivity contribution is -0.143. The maximum Gasteiger partial charge on any atom is 0.305 e. The Morgan fingerprint density at radius 2 is 1.91 bits per heavy atom. The summed E-state index contributed by atoms with van der Waals surface area (Å²) in [4.78, 5) is 11.4. The molecule has 0 atom stereocenters. The minimum absolute atomic E-state index is 0.0111. The number of hydrogen-bond donors (Lipinski definition) is 0. The van der Waals surface area contributed by atoms with E-state index in [9.17, 15) is 10.1 Å². The second-order valence-corrected chi connectivity index (χ2v) is 8.81. The fraction of sp³-hybridized carbons (Fsp3) is 0.385. The number of nitriles is 1. The Morgan fingerprint density at radius 3 is 2.62 bits per heavy atom. The zero-order valence-corrected chi connectivity index (χ0v) is 20.8. The van der Waals surface area contributed by atoms with Gasteiger partial charge in [-0.05, 0) is 75.6 Å². The number of benzene rings is 2. The second kappa shape index (κ2) is 12.1. The van der Waals surface area contributed by atoms with E-state index < -0.39 is 0 Å². The number of aromatic nitrogens is 2. The Balaban J connectivity index is 1.73. The van der Waals surface area contributed by atoms with Gasteiger partial charge in [0.05, 0.1) is 24.9 Å². The number of carbonyl (C=O) groups excluding carboxylic acids is 1. The average Bonchev–Trinajstić information content (AvgIpc) is 3.32. The fourth-order valence-corrected chi connectivity index (χ4v) is 4.26. The summed E-state index contributed by atoms with van der Waals surface area (Å²) in [6.45, 7) is 8.57. The number of rotatable bonds is 11. The van der Waals surface area contributed by atoms with Crippen molar-refractivity contribution in [3.05, 3.63) is 47.5 Å². The fourth-order valence-electron chi connectivity index (χ4n) is 3.36. The summed E-state index contributed by atoms with van der Waals surface area (Å²) in [6, 6.07) is 13.6. The largest absolute Gasteiger partial charge is 0.494 e. The van der Waals surface area contributed by atoms with E-state index in [1.54, 1.807) is 19.1 Å². The highest BCUT2D eigenvalue weighted by Crippen LogP contribution is 2.35. The van der Waals surface area contributed by atoms with Gasteiger partial charge in [-0.1, -0.05) is 18.3 Å². The first-order chi connectivity index (χ1) is 16.4. The minimum atomic E-state index is -0.202. The Bertz CT molecular complexity index is 1170. The van der Waals surface area contributed by atoms with Gasteiger partial charge in [0.1, 0.15) is 27.6 Å². The molecule has 3 aromatic rings. The van der Waals surface area contributed by atoms with E-state index in [4.69, 9.17) is 14.2 Å². The molecular weight excluding hydrogens is 450 g/mol. The van der Waals surface area contributed by atoms with Crippen LogP contribution in [0.5, 0.6) is 11.5 Å².